The molecule has 1 aliphatic rings. The highest BCUT2D eigenvalue weighted by Crippen LogP contribution is 2.46. The average molecular weight is 202 g/mol. The predicted molar refractivity (Wildman–Crippen MR) is 64.9 cm³/mol. The number of allylic oxidation sites excluding steroid dienone is 1. The van der Waals surface area contributed by atoms with E-state index in [0.717, 1.165) is 5.70 Å². The first kappa shape index (κ1) is 10.2. The lowest BCUT2D eigenvalue weighted by molar-refractivity contribution is 0.642. The van der Waals surface area contributed by atoms with E-state index in [-0.39, 0.29) is 5.41 Å². The van der Waals surface area contributed by atoms with Gasteiger partial charge in [-0.3, -0.25) is 0 Å². The van der Waals surface area contributed by atoms with Gasteiger partial charge in [-0.15, -0.1) is 0 Å². The lowest BCUT2D eigenvalue weighted by Gasteiger charge is -2.22. The highest BCUT2D eigenvalue weighted by atomic mass is 15.1. The quantitative estimate of drug-likeness (QED) is 0.757. The third-order valence-corrected chi connectivity index (χ3v) is 3.46. The van der Waals surface area contributed by atoms with E-state index in [9.17, 15) is 0 Å². The van der Waals surface area contributed by atoms with E-state index in [2.05, 4.69) is 50.6 Å². The maximum absolute atomic E-state index is 5.67. The summed E-state index contributed by atoms with van der Waals surface area (Å²) in [5.74, 6) is 0. The van der Waals surface area contributed by atoms with Crippen molar-refractivity contribution in [1.82, 2.24) is 0 Å². The van der Waals surface area contributed by atoms with Crippen LogP contribution in [0, 0.1) is 0 Å². The largest absolute Gasteiger partial charge is 0.348 e. The number of nitrogens with zero attached hydrogens (tertiary/aromatic N) is 1. The fourth-order valence-electron chi connectivity index (χ4n) is 2.22. The van der Waals surface area contributed by atoms with Crippen LogP contribution < -0.4 is 10.6 Å². The lowest BCUT2D eigenvalue weighted by atomic mass is 9.84. The maximum Gasteiger partial charge on any atom is 0.0448 e. The second-order valence-corrected chi connectivity index (χ2v) is 4.69. The van der Waals surface area contributed by atoms with Gasteiger partial charge in [0, 0.05) is 30.4 Å². The molecule has 80 valence electrons. The highest BCUT2D eigenvalue weighted by molar-refractivity contribution is 5.69. The number of benzene rings is 1. The minimum atomic E-state index is 0.0231. The molecule has 0 bridgehead atoms. The van der Waals surface area contributed by atoms with Crippen molar-refractivity contribution in [2.24, 2.45) is 5.73 Å². The van der Waals surface area contributed by atoms with Gasteiger partial charge in [0.05, 0.1) is 0 Å². The van der Waals surface area contributed by atoms with Crippen molar-refractivity contribution in [3.8, 4) is 0 Å². The molecule has 0 unspecified atom stereocenters. The summed E-state index contributed by atoms with van der Waals surface area (Å²) in [4.78, 5) is 2.16. The van der Waals surface area contributed by atoms with Crippen LogP contribution in [0.1, 0.15) is 25.0 Å². The molecule has 0 spiro atoms. The molecule has 2 heteroatoms. The Morgan fingerprint density at radius 2 is 2.07 bits per heavy atom. The number of hydrogen-bond donors (Lipinski definition) is 1. The van der Waals surface area contributed by atoms with Crippen molar-refractivity contribution in [2.75, 3.05) is 11.9 Å². The minimum Gasteiger partial charge on any atom is -0.348 e. The number of rotatable bonds is 1. The van der Waals surface area contributed by atoms with E-state index in [4.69, 9.17) is 5.73 Å². The number of hydrogen-bond acceptors (Lipinski definition) is 2. The predicted octanol–water partition coefficient (Wildman–Crippen LogP) is 2.39. The summed E-state index contributed by atoms with van der Waals surface area (Å²) in [5, 5.41) is 0. The Morgan fingerprint density at radius 3 is 2.67 bits per heavy atom. The second kappa shape index (κ2) is 3.11. The monoisotopic (exact) mass is 202 g/mol. The van der Waals surface area contributed by atoms with Crippen LogP contribution in [0.2, 0.25) is 0 Å². The highest BCUT2D eigenvalue weighted by Gasteiger charge is 2.36. The summed E-state index contributed by atoms with van der Waals surface area (Å²) < 4.78 is 0. The summed E-state index contributed by atoms with van der Waals surface area (Å²) in [6, 6.07) is 6.42. The normalized spacial score (nSPS) is 18.1. The second-order valence-electron chi connectivity index (χ2n) is 4.69. The zero-order valence-electron chi connectivity index (χ0n) is 9.67. The van der Waals surface area contributed by atoms with E-state index in [1.807, 2.05) is 0 Å². The Balaban J connectivity index is 2.62. The summed E-state index contributed by atoms with van der Waals surface area (Å²) in [7, 11) is 2.07. The molecular formula is C13H18N2. The molecular weight excluding hydrogens is 184 g/mol. The van der Waals surface area contributed by atoms with E-state index in [0.29, 0.717) is 6.54 Å². The fraction of sp³-hybridized carbons (Fsp3) is 0.385. The van der Waals surface area contributed by atoms with Crippen LogP contribution in [0.15, 0.2) is 30.5 Å². The van der Waals surface area contributed by atoms with Gasteiger partial charge in [-0.1, -0.05) is 32.6 Å². The van der Waals surface area contributed by atoms with Crippen molar-refractivity contribution < 1.29 is 0 Å². The van der Waals surface area contributed by atoms with E-state index < -0.39 is 0 Å². The van der Waals surface area contributed by atoms with Gasteiger partial charge in [0.15, 0.2) is 0 Å². The molecule has 1 aromatic carbocycles. The van der Waals surface area contributed by atoms with Crippen LogP contribution in [-0.4, -0.2) is 7.05 Å². The van der Waals surface area contributed by atoms with E-state index in [1.54, 1.807) is 0 Å². The molecule has 0 radical (unpaired) electrons. The minimum absolute atomic E-state index is 0.0231. The van der Waals surface area contributed by atoms with Crippen LogP contribution >= 0.6 is 0 Å². The molecule has 2 rings (SSSR count). The van der Waals surface area contributed by atoms with Crippen molar-refractivity contribution >= 4 is 5.69 Å². The number of anilines is 1. The molecule has 2 N–H and O–H groups in total. The lowest BCUT2D eigenvalue weighted by Crippen LogP contribution is -2.21. The van der Waals surface area contributed by atoms with Crippen molar-refractivity contribution in [2.45, 2.75) is 25.8 Å². The van der Waals surface area contributed by atoms with Crippen LogP contribution in [0.4, 0.5) is 5.69 Å². The molecule has 15 heavy (non-hydrogen) atoms. The first-order valence-electron chi connectivity index (χ1n) is 5.25. The van der Waals surface area contributed by atoms with Gasteiger partial charge in [0.1, 0.15) is 0 Å². The molecule has 0 fully saturated rings. The third-order valence-electron chi connectivity index (χ3n) is 3.46. The number of fused-ring (bicyclic) bond motifs is 1. The Labute approximate surface area is 91.4 Å². The maximum atomic E-state index is 5.67. The molecule has 1 aliphatic heterocycles. The van der Waals surface area contributed by atoms with Gasteiger partial charge in [-0.25, -0.2) is 0 Å². The SMILES string of the molecule is C=C1N(C)c2ccc(CN)cc2C1(C)C. The molecule has 0 atom stereocenters. The fourth-order valence-corrected chi connectivity index (χ4v) is 2.22. The molecule has 0 aromatic heterocycles. The van der Waals surface area contributed by atoms with Gasteiger partial charge < -0.3 is 10.6 Å². The van der Waals surface area contributed by atoms with Crippen LogP contribution in [0.5, 0.6) is 0 Å². The zero-order chi connectivity index (χ0) is 11.2. The molecule has 2 nitrogen and oxygen atoms in total. The first-order valence-corrected chi connectivity index (χ1v) is 5.25. The number of likely N-dealkylation sites (N-methyl/N-ethyl adjacent to an activating group) is 1. The van der Waals surface area contributed by atoms with E-state index in [1.165, 1.54) is 16.8 Å². The Kier molecular flexibility index (Phi) is 2.12. The van der Waals surface area contributed by atoms with Gasteiger partial charge in [0.2, 0.25) is 0 Å². The molecule has 1 aromatic rings. The van der Waals surface area contributed by atoms with Gasteiger partial charge in [-0.05, 0) is 17.2 Å². The van der Waals surface area contributed by atoms with Crippen LogP contribution in [0.3, 0.4) is 0 Å². The Hall–Kier alpha value is -1.28. The average Bonchev–Trinajstić information content (AvgIpc) is 2.40. The first-order chi connectivity index (χ1) is 6.98. The summed E-state index contributed by atoms with van der Waals surface area (Å²) in [6.45, 7) is 9.16. The molecule has 0 aliphatic carbocycles. The van der Waals surface area contributed by atoms with Crippen LogP contribution in [-0.2, 0) is 12.0 Å². The van der Waals surface area contributed by atoms with Gasteiger partial charge in [0.25, 0.3) is 0 Å². The Morgan fingerprint density at radius 1 is 1.40 bits per heavy atom. The van der Waals surface area contributed by atoms with Crippen molar-refractivity contribution in [3.63, 3.8) is 0 Å². The topological polar surface area (TPSA) is 29.3 Å². The zero-order valence-corrected chi connectivity index (χ0v) is 9.67. The van der Waals surface area contributed by atoms with Gasteiger partial charge >= 0.3 is 0 Å². The van der Waals surface area contributed by atoms with Gasteiger partial charge in [-0.2, -0.15) is 0 Å². The molecule has 0 saturated carbocycles. The number of nitrogens with two attached hydrogens (primary N) is 1. The standard InChI is InChI=1S/C13H18N2/c1-9-13(2,3)11-7-10(8-14)5-6-12(11)15(9)4/h5-7H,1,8,14H2,2-4H3. The van der Waals surface area contributed by atoms with Crippen molar-refractivity contribution in [1.29, 1.82) is 0 Å². The third kappa shape index (κ3) is 1.29. The van der Waals surface area contributed by atoms with E-state index >= 15 is 0 Å². The molecule has 0 amide bonds. The summed E-state index contributed by atoms with van der Waals surface area (Å²) >= 11 is 0. The summed E-state index contributed by atoms with van der Waals surface area (Å²) in [6.07, 6.45) is 0. The summed E-state index contributed by atoms with van der Waals surface area (Å²) in [5.41, 5.74) is 10.6. The molecule has 1 heterocycles. The van der Waals surface area contributed by atoms with Crippen molar-refractivity contribution in [3.05, 3.63) is 41.6 Å². The van der Waals surface area contributed by atoms with Crippen LogP contribution in [0.25, 0.3) is 0 Å². The Bertz CT molecular complexity index is 419. The molecule has 0 saturated heterocycles. The smallest absolute Gasteiger partial charge is 0.0448 e.